The van der Waals surface area contributed by atoms with Crippen molar-refractivity contribution in [2.24, 2.45) is 5.92 Å². The van der Waals surface area contributed by atoms with Crippen molar-refractivity contribution < 1.29 is 23.4 Å². The van der Waals surface area contributed by atoms with Crippen molar-refractivity contribution in [3.05, 3.63) is 82.9 Å². The maximum absolute atomic E-state index is 14.2. The summed E-state index contributed by atoms with van der Waals surface area (Å²) in [6.07, 6.45) is 4.00. The van der Waals surface area contributed by atoms with Crippen molar-refractivity contribution in [1.82, 2.24) is 14.5 Å². The Morgan fingerprint density at radius 2 is 1.95 bits per heavy atom. The number of benzene rings is 2. The SMILES string of the molecule is COC(=O)c1ccc2nc(CC3CCN(c4cccc(OCc5ccc(C#N)cc5F)n4)CC3)n(C[C@@H]3CCO3)c2c1. The maximum Gasteiger partial charge on any atom is 0.337 e. The van der Waals surface area contributed by atoms with E-state index in [1.54, 1.807) is 24.3 Å². The average Bonchev–Trinajstić information content (AvgIpc) is 3.34. The fraction of sp³-hybridized carbons (Fsp3) is 0.375. The van der Waals surface area contributed by atoms with E-state index in [4.69, 9.17) is 24.5 Å². The van der Waals surface area contributed by atoms with Crippen LogP contribution < -0.4 is 9.64 Å². The van der Waals surface area contributed by atoms with Gasteiger partial charge < -0.3 is 23.7 Å². The number of hydrogen-bond acceptors (Lipinski definition) is 8. The van der Waals surface area contributed by atoms with Crippen LogP contribution in [0.25, 0.3) is 11.0 Å². The van der Waals surface area contributed by atoms with Gasteiger partial charge in [-0.1, -0.05) is 12.1 Å². The lowest BCUT2D eigenvalue weighted by Crippen LogP contribution is -2.35. The first-order valence-electron chi connectivity index (χ1n) is 14.2. The highest BCUT2D eigenvalue weighted by Crippen LogP contribution is 2.29. The molecule has 4 aromatic rings. The summed E-state index contributed by atoms with van der Waals surface area (Å²) in [5, 5.41) is 8.94. The molecule has 216 valence electrons. The molecule has 0 aliphatic carbocycles. The molecule has 4 heterocycles. The number of esters is 1. The number of nitrogens with zero attached hydrogens (tertiary/aromatic N) is 5. The number of aromatic nitrogens is 3. The molecular weight excluding hydrogens is 537 g/mol. The summed E-state index contributed by atoms with van der Waals surface area (Å²) in [5.41, 5.74) is 2.97. The lowest BCUT2D eigenvalue weighted by Gasteiger charge is -2.33. The standard InChI is InChI=1S/C32H32FN5O4/c1-40-32(39)23-7-8-27-28(17-23)38(19-25-11-14-41-25)30(35-27)16-21-9-12-37(13-10-21)29-3-2-4-31(36-29)42-20-24-6-5-22(18-34)15-26(24)33/h2-8,15,17,21,25H,9-14,16,19-20H2,1H3/t25-/m0/s1. The van der Waals surface area contributed by atoms with Crippen LogP contribution in [0.15, 0.2) is 54.6 Å². The van der Waals surface area contributed by atoms with Gasteiger partial charge in [0, 0.05) is 37.7 Å². The van der Waals surface area contributed by atoms with E-state index in [9.17, 15) is 9.18 Å². The first kappa shape index (κ1) is 27.7. The minimum Gasteiger partial charge on any atom is -0.473 e. The van der Waals surface area contributed by atoms with Gasteiger partial charge in [0.1, 0.15) is 24.1 Å². The van der Waals surface area contributed by atoms with Crippen LogP contribution in [0, 0.1) is 23.1 Å². The molecule has 0 bridgehead atoms. The molecule has 0 spiro atoms. The first-order valence-corrected chi connectivity index (χ1v) is 14.2. The molecule has 9 nitrogen and oxygen atoms in total. The van der Waals surface area contributed by atoms with Crippen LogP contribution in [-0.4, -0.2) is 53.4 Å². The molecule has 42 heavy (non-hydrogen) atoms. The number of methoxy groups -OCH3 is 1. The van der Waals surface area contributed by atoms with E-state index in [0.717, 1.165) is 74.6 Å². The van der Waals surface area contributed by atoms with Crippen LogP contribution in [-0.2, 0) is 29.0 Å². The molecule has 1 atom stereocenters. The molecule has 0 N–H and O–H groups in total. The zero-order valence-electron chi connectivity index (χ0n) is 23.5. The van der Waals surface area contributed by atoms with E-state index in [0.29, 0.717) is 22.9 Å². The van der Waals surface area contributed by atoms with Crippen molar-refractivity contribution in [2.75, 3.05) is 31.7 Å². The summed E-state index contributed by atoms with van der Waals surface area (Å²) in [7, 11) is 1.39. The Morgan fingerprint density at radius 3 is 2.67 bits per heavy atom. The first-order chi connectivity index (χ1) is 20.5. The quantitative estimate of drug-likeness (QED) is 0.258. The Kier molecular flexibility index (Phi) is 8.02. The van der Waals surface area contributed by atoms with Gasteiger partial charge in [0.25, 0.3) is 0 Å². The van der Waals surface area contributed by atoms with Crippen molar-refractivity contribution in [3.63, 3.8) is 0 Å². The number of halogens is 1. The van der Waals surface area contributed by atoms with Gasteiger partial charge in [0.15, 0.2) is 0 Å². The van der Waals surface area contributed by atoms with Gasteiger partial charge in [-0.05, 0) is 61.6 Å². The molecule has 0 saturated carbocycles. The molecule has 2 aliphatic rings. The van der Waals surface area contributed by atoms with Crippen molar-refractivity contribution >= 4 is 22.8 Å². The normalized spacial score (nSPS) is 17.1. The number of imidazole rings is 1. The number of carbonyl (C=O) groups excluding carboxylic acids is 1. The second kappa shape index (κ2) is 12.2. The summed E-state index contributed by atoms with van der Waals surface area (Å²) >= 11 is 0. The molecule has 2 aliphatic heterocycles. The molecule has 10 heteroatoms. The van der Waals surface area contributed by atoms with Crippen molar-refractivity contribution in [2.45, 2.75) is 44.9 Å². The molecule has 2 aromatic carbocycles. The molecule has 0 amide bonds. The maximum atomic E-state index is 14.2. The van der Waals surface area contributed by atoms with Gasteiger partial charge in [-0.2, -0.15) is 10.2 Å². The van der Waals surface area contributed by atoms with E-state index >= 15 is 0 Å². The van der Waals surface area contributed by atoms with Gasteiger partial charge >= 0.3 is 5.97 Å². The number of fused-ring (bicyclic) bond motifs is 1. The molecule has 0 radical (unpaired) electrons. The molecule has 2 fully saturated rings. The monoisotopic (exact) mass is 569 g/mol. The van der Waals surface area contributed by atoms with E-state index in [-0.39, 0.29) is 24.2 Å². The predicted molar refractivity (Wildman–Crippen MR) is 154 cm³/mol. The van der Waals surface area contributed by atoms with Crippen LogP contribution in [0.5, 0.6) is 5.88 Å². The van der Waals surface area contributed by atoms with Crippen LogP contribution in [0.2, 0.25) is 0 Å². The summed E-state index contributed by atoms with van der Waals surface area (Å²) in [4.78, 5) is 24.0. The largest absolute Gasteiger partial charge is 0.473 e. The zero-order chi connectivity index (χ0) is 29.1. The lowest BCUT2D eigenvalue weighted by molar-refractivity contribution is -0.0590. The Labute approximate surface area is 243 Å². The number of rotatable bonds is 9. The molecule has 0 unspecified atom stereocenters. The molecule has 2 saturated heterocycles. The van der Waals surface area contributed by atoms with Crippen LogP contribution in [0.3, 0.4) is 0 Å². The van der Waals surface area contributed by atoms with Gasteiger partial charge in [0.05, 0.1) is 48.0 Å². The number of pyridine rings is 1. The average molecular weight is 570 g/mol. The van der Waals surface area contributed by atoms with Crippen LogP contribution >= 0.6 is 0 Å². The van der Waals surface area contributed by atoms with Gasteiger partial charge in [-0.25, -0.2) is 14.2 Å². The number of carbonyl (C=O) groups is 1. The van der Waals surface area contributed by atoms with Crippen LogP contribution in [0.1, 0.15) is 46.6 Å². The summed E-state index contributed by atoms with van der Waals surface area (Å²) in [6.45, 7) is 3.24. The zero-order valence-corrected chi connectivity index (χ0v) is 23.5. The predicted octanol–water partition coefficient (Wildman–Crippen LogP) is 5.06. The lowest BCUT2D eigenvalue weighted by atomic mass is 9.93. The van der Waals surface area contributed by atoms with E-state index in [1.165, 1.54) is 13.2 Å². The molecule has 2 aromatic heterocycles. The fourth-order valence-corrected chi connectivity index (χ4v) is 5.58. The highest BCUT2D eigenvalue weighted by atomic mass is 19.1. The number of anilines is 1. The van der Waals surface area contributed by atoms with E-state index in [2.05, 4.69) is 14.5 Å². The molecular formula is C32H32FN5O4. The highest BCUT2D eigenvalue weighted by molar-refractivity contribution is 5.93. The Bertz CT molecular complexity index is 1640. The second-order valence-corrected chi connectivity index (χ2v) is 10.8. The number of nitriles is 1. The minimum atomic E-state index is -0.468. The Hall–Kier alpha value is -4.49. The number of hydrogen-bond donors (Lipinski definition) is 0. The van der Waals surface area contributed by atoms with E-state index < -0.39 is 5.82 Å². The number of ether oxygens (including phenoxy) is 3. The van der Waals surface area contributed by atoms with E-state index in [1.807, 2.05) is 30.3 Å². The fourth-order valence-electron chi connectivity index (χ4n) is 5.58. The van der Waals surface area contributed by atoms with Crippen molar-refractivity contribution in [1.29, 1.82) is 5.26 Å². The third-order valence-corrected chi connectivity index (χ3v) is 8.10. The third kappa shape index (κ3) is 5.92. The number of piperidine rings is 1. The smallest absolute Gasteiger partial charge is 0.337 e. The van der Waals surface area contributed by atoms with Crippen LogP contribution in [0.4, 0.5) is 10.2 Å². The Balaban J connectivity index is 1.10. The minimum absolute atomic E-state index is 0.0318. The van der Waals surface area contributed by atoms with Crippen molar-refractivity contribution in [3.8, 4) is 11.9 Å². The summed E-state index contributed by atoms with van der Waals surface area (Å²) in [6, 6.07) is 17.4. The second-order valence-electron chi connectivity index (χ2n) is 10.8. The molecule has 6 rings (SSSR count). The van der Waals surface area contributed by atoms with Gasteiger partial charge in [0.2, 0.25) is 5.88 Å². The third-order valence-electron chi connectivity index (χ3n) is 8.10. The topological polar surface area (TPSA) is 102 Å². The van der Waals surface area contributed by atoms with Gasteiger partial charge in [-0.3, -0.25) is 0 Å². The Morgan fingerprint density at radius 1 is 1.12 bits per heavy atom. The highest BCUT2D eigenvalue weighted by Gasteiger charge is 2.26. The van der Waals surface area contributed by atoms with Gasteiger partial charge in [-0.15, -0.1) is 0 Å². The summed E-state index contributed by atoms with van der Waals surface area (Å²) in [5.74, 6) is 1.91. The summed E-state index contributed by atoms with van der Waals surface area (Å²) < 4.78 is 32.9.